The number of nitrogens with zero attached hydrogens (tertiary/aromatic N) is 1. The predicted octanol–water partition coefficient (Wildman–Crippen LogP) is 4.73. The molecule has 1 unspecified atom stereocenters. The van der Waals surface area contributed by atoms with Gasteiger partial charge in [0.05, 0.1) is 6.10 Å². The molecule has 0 aliphatic carbocycles. The van der Waals surface area contributed by atoms with Crippen molar-refractivity contribution in [3.05, 3.63) is 58.3 Å². The fourth-order valence-electron chi connectivity index (χ4n) is 1.80. The first kappa shape index (κ1) is 16.3. The van der Waals surface area contributed by atoms with E-state index in [0.29, 0.717) is 12.0 Å². The molecule has 1 atom stereocenters. The van der Waals surface area contributed by atoms with E-state index in [2.05, 4.69) is 20.9 Å². The van der Waals surface area contributed by atoms with Crippen LogP contribution in [0.15, 0.2) is 52.1 Å². The minimum atomic E-state index is -4.30. The summed E-state index contributed by atoms with van der Waals surface area (Å²) >= 11 is 3.12. The monoisotopic (exact) mass is 377 g/mol. The number of alkyl halides is 3. The van der Waals surface area contributed by atoms with Crippen molar-refractivity contribution in [3.63, 3.8) is 0 Å². The minimum Gasteiger partial charge on any atom is -0.388 e. The van der Waals surface area contributed by atoms with Gasteiger partial charge in [0.2, 0.25) is 0 Å². The topological polar surface area (TPSA) is 33.1 Å². The third-order valence-corrected chi connectivity index (χ3v) is 3.86. The SMILES string of the molecule is OC(Cc1cncc(Br)c1)c1ccc(SC(F)(F)F)cc1. The number of thioether (sulfide) groups is 1. The van der Waals surface area contributed by atoms with Crippen molar-refractivity contribution in [1.82, 2.24) is 4.98 Å². The zero-order valence-electron chi connectivity index (χ0n) is 10.6. The number of hydrogen-bond donors (Lipinski definition) is 1. The molecular formula is C14H11BrF3NOS. The third kappa shape index (κ3) is 5.33. The van der Waals surface area contributed by atoms with Gasteiger partial charge in [0.25, 0.3) is 0 Å². The zero-order valence-corrected chi connectivity index (χ0v) is 13.0. The molecule has 0 saturated carbocycles. The molecule has 0 amide bonds. The highest BCUT2D eigenvalue weighted by Gasteiger charge is 2.29. The molecule has 0 saturated heterocycles. The van der Waals surface area contributed by atoms with Gasteiger partial charge in [-0.25, -0.2) is 0 Å². The highest BCUT2D eigenvalue weighted by molar-refractivity contribution is 9.10. The highest BCUT2D eigenvalue weighted by Crippen LogP contribution is 2.37. The number of benzene rings is 1. The molecule has 1 aromatic carbocycles. The molecule has 21 heavy (non-hydrogen) atoms. The van der Waals surface area contributed by atoms with Gasteiger partial charge in [-0.05, 0) is 57.0 Å². The first-order valence-electron chi connectivity index (χ1n) is 5.97. The van der Waals surface area contributed by atoms with Crippen LogP contribution < -0.4 is 0 Å². The van der Waals surface area contributed by atoms with Crippen LogP contribution in [0, 0.1) is 0 Å². The number of halogens is 4. The molecule has 2 rings (SSSR count). The Kier molecular flexibility index (Phi) is 5.29. The Labute approximate surface area is 132 Å². The van der Waals surface area contributed by atoms with Gasteiger partial charge >= 0.3 is 5.51 Å². The number of aliphatic hydroxyl groups excluding tert-OH is 1. The van der Waals surface area contributed by atoms with Crippen molar-refractivity contribution >= 4 is 27.7 Å². The van der Waals surface area contributed by atoms with Crippen molar-refractivity contribution < 1.29 is 18.3 Å². The summed E-state index contributed by atoms with van der Waals surface area (Å²) in [5.41, 5.74) is -2.89. The van der Waals surface area contributed by atoms with E-state index < -0.39 is 11.6 Å². The van der Waals surface area contributed by atoms with Crippen LogP contribution in [-0.4, -0.2) is 15.6 Å². The summed E-state index contributed by atoms with van der Waals surface area (Å²) in [7, 11) is 0. The second-order valence-corrected chi connectivity index (χ2v) is 6.40. The summed E-state index contributed by atoms with van der Waals surface area (Å²) in [6, 6.07) is 7.56. The Balaban J connectivity index is 2.04. The lowest BCUT2D eigenvalue weighted by atomic mass is 10.0. The Morgan fingerprint density at radius 3 is 2.43 bits per heavy atom. The van der Waals surface area contributed by atoms with Crippen LogP contribution >= 0.6 is 27.7 Å². The van der Waals surface area contributed by atoms with Gasteiger partial charge in [0.15, 0.2) is 0 Å². The molecule has 1 aromatic heterocycles. The van der Waals surface area contributed by atoms with Crippen LogP contribution in [-0.2, 0) is 6.42 Å². The molecule has 1 heterocycles. The molecule has 1 N–H and O–H groups in total. The lowest BCUT2D eigenvalue weighted by Gasteiger charge is -2.12. The summed E-state index contributed by atoms with van der Waals surface area (Å²) in [6.45, 7) is 0. The van der Waals surface area contributed by atoms with E-state index in [1.807, 2.05) is 6.07 Å². The average Bonchev–Trinajstić information content (AvgIpc) is 2.37. The van der Waals surface area contributed by atoms with Crippen LogP contribution in [0.4, 0.5) is 13.2 Å². The smallest absolute Gasteiger partial charge is 0.388 e. The standard InChI is InChI=1S/C14H11BrF3NOS/c15-11-5-9(7-19-8-11)6-13(20)10-1-3-12(4-2-10)21-14(16,17)18/h1-5,7-8,13,20H,6H2. The summed E-state index contributed by atoms with van der Waals surface area (Å²) in [6.07, 6.45) is 2.84. The van der Waals surface area contributed by atoms with Crippen molar-refractivity contribution in [1.29, 1.82) is 0 Å². The fraction of sp³-hybridized carbons (Fsp3) is 0.214. The molecule has 2 aromatic rings. The van der Waals surface area contributed by atoms with Crippen molar-refractivity contribution in [2.45, 2.75) is 22.9 Å². The summed E-state index contributed by atoms with van der Waals surface area (Å²) in [5.74, 6) is 0. The largest absolute Gasteiger partial charge is 0.446 e. The molecule has 0 bridgehead atoms. The first-order valence-corrected chi connectivity index (χ1v) is 7.57. The van der Waals surface area contributed by atoms with E-state index in [1.165, 1.54) is 24.3 Å². The van der Waals surface area contributed by atoms with Gasteiger partial charge in [-0.3, -0.25) is 4.98 Å². The van der Waals surface area contributed by atoms with E-state index in [4.69, 9.17) is 0 Å². The maximum Gasteiger partial charge on any atom is 0.446 e. The van der Waals surface area contributed by atoms with Crippen LogP contribution in [0.25, 0.3) is 0 Å². The van der Waals surface area contributed by atoms with Crippen LogP contribution in [0.3, 0.4) is 0 Å². The van der Waals surface area contributed by atoms with E-state index >= 15 is 0 Å². The average molecular weight is 378 g/mol. The lowest BCUT2D eigenvalue weighted by Crippen LogP contribution is -2.03. The van der Waals surface area contributed by atoms with E-state index in [-0.39, 0.29) is 16.7 Å². The Bertz CT molecular complexity index is 604. The van der Waals surface area contributed by atoms with Crippen LogP contribution in [0.5, 0.6) is 0 Å². The summed E-state index contributed by atoms with van der Waals surface area (Å²) < 4.78 is 37.5. The molecule has 0 aliphatic heterocycles. The van der Waals surface area contributed by atoms with E-state index in [0.717, 1.165) is 10.0 Å². The second kappa shape index (κ2) is 6.81. The fourth-order valence-corrected chi connectivity index (χ4v) is 2.75. The van der Waals surface area contributed by atoms with Crippen molar-refractivity contribution in [2.75, 3.05) is 0 Å². The van der Waals surface area contributed by atoms with Crippen molar-refractivity contribution in [2.24, 2.45) is 0 Å². The number of pyridine rings is 1. The third-order valence-electron chi connectivity index (χ3n) is 2.69. The summed E-state index contributed by atoms with van der Waals surface area (Å²) in [5, 5.41) is 10.1. The van der Waals surface area contributed by atoms with Crippen LogP contribution in [0.1, 0.15) is 17.2 Å². The molecule has 2 nitrogen and oxygen atoms in total. The molecule has 0 fully saturated rings. The zero-order chi connectivity index (χ0) is 15.5. The molecule has 0 aliphatic rings. The van der Waals surface area contributed by atoms with Gasteiger partial charge < -0.3 is 5.11 Å². The predicted molar refractivity (Wildman–Crippen MR) is 79.0 cm³/mol. The van der Waals surface area contributed by atoms with Crippen LogP contribution in [0.2, 0.25) is 0 Å². The highest BCUT2D eigenvalue weighted by atomic mass is 79.9. The molecule has 0 radical (unpaired) electrons. The maximum absolute atomic E-state index is 12.2. The van der Waals surface area contributed by atoms with Gasteiger partial charge in [-0.1, -0.05) is 12.1 Å². The molecular weight excluding hydrogens is 367 g/mol. The quantitative estimate of drug-likeness (QED) is 0.781. The molecule has 112 valence electrons. The second-order valence-electron chi connectivity index (χ2n) is 4.35. The Morgan fingerprint density at radius 1 is 1.19 bits per heavy atom. The Morgan fingerprint density at radius 2 is 1.86 bits per heavy atom. The number of rotatable bonds is 4. The van der Waals surface area contributed by atoms with E-state index in [1.54, 1.807) is 12.4 Å². The van der Waals surface area contributed by atoms with Crippen molar-refractivity contribution in [3.8, 4) is 0 Å². The first-order chi connectivity index (χ1) is 9.83. The molecule has 7 heteroatoms. The molecule has 0 spiro atoms. The number of hydrogen-bond acceptors (Lipinski definition) is 3. The Hall–Kier alpha value is -1.05. The van der Waals surface area contributed by atoms with E-state index in [9.17, 15) is 18.3 Å². The number of aromatic nitrogens is 1. The van der Waals surface area contributed by atoms with Gasteiger partial charge in [-0.15, -0.1) is 0 Å². The van der Waals surface area contributed by atoms with Gasteiger partial charge in [0, 0.05) is 28.2 Å². The normalized spacial score (nSPS) is 13.2. The van der Waals surface area contributed by atoms with Gasteiger partial charge in [0.1, 0.15) is 0 Å². The number of aliphatic hydroxyl groups is 1. The minimum absolute atomic E-state index is 0.0996. The maximum atomic E-state index is 12.2. The van der Waals surface area contributed by atoms with Gasteiger partial charge in [-0.2, -0.15) is 13.2 Å². The lowest BCUT2D eigenvalue weighted by molar-refractivity contribution is -0.0328. The summed E-state index contributed by atoms with van der Waals surface area (Å²) in [4.78, 5) is 4.10.